The number of hydrogen-bond donors (Lipinski definition) is 1. The lowest BCUT2D eigenvalue weighted by Crippen LogP contribution is -2.30. The van der Waals surface area contributed by atoms with Crippen molar-refractivity contribution >= 4 is 10.9 Å². The Labute approximate surface area is 148 Å². The molecule has 1 aliphatic heterocycles. The monoisotopic (exact) mass is 339 g/mol. The topological polar surface area (TPSA) is 62.1 Å². The van der Waals surface area contributed by atoms with Crippen LogP contribution in [0.25, 0.3) is 10.9 Å². The molecule has 3 rings (SSSR count). The molecule has 0 aliphatic carbocycles. The number of hydrogen-bond acceptors (Lipinski definition) is 6. The maximum atomic E-state index is 6.04. The van der Waals surface area contributed by atoms with Crippen LogP contribution >= 0.6 is 0 Å². The van der Waals surface area contributed by atoms with Gasteiger partial charge in [0.1, 0.15) is 6.61 Å². The molecule has 1 N–H and O–H groups in total. The molecule has 1 unspecified atom stereocenters. The maximum absolute atomic E-state index is 6.04. The molecule has 0 fully saturated rings. The number of fused-ring (bicyclic) bond motifs is 1. The summed E-state index contributed by atoms with van der Waals surface area (Å²) in [6, 6.07) is 12.5. The minimum atomic E-state index is 0.333. The van der Waals surface area contributed by atoms with Crippen LogP contribution in [-0.4, -0.2) is 29.6 Å². The largest absolute Gasteiger partial charge is 0.486 e. The third kappa shape index (κ3) is 4.47. The van der Waals surface area contributed by atoms with Crippen LogP contribution in [0, 0.1) is 0 Å². The van der Waals surface area contributed by atoms with E-state index in [1.54, 1.807) is 5.01 Å². The molecule has 25 heavy (non-hydrogen) atoms. The lowest BCUT2D eigenvalue weighted by Gasteiger charge is -2.24. The summed E-state index contributed by atoms with van der Waals surface area (Å²) in [5, 5.41) is 14.7. The number of rotatable bonds is 7. The van der Waals surface area contributed by atoms with Gasteiger partial charge in [-0.15, -0.1) is 5.11 Å². The van der Waals surface area contributed by atoms with Crippen LogP contribution in [0.2, 0.25) is 0 Å². The number of likely N-dealkylation sites (N-methyl/N-ethyl adjacent to an activating group) is 1. The van der Waals surface area contributed by atoms with E-state index in [1.165, 1.54) is 0 Å². The third-order valence-electron chi connectivity index (χ3n) is 4.09. The molecular weight excluding hydrogens is 314 g/mol. The van der Waals surface area contributed by atoms with E-state index in [2.05, 4.69) is 46.6 Å². The number of aromatic nitrogens is 1. The minimum absolute atomic E-state index is 0.333. The molecule has 6 nitrogen and oxygen atoms in total. The summed E-state index contributed by atoms with van der Waals surface area (Å²) in [5.41, 5.74) is 1.88. The summed E-state index contributed by atoms with van der Waals surface area (Å²) < 4.78 is 6.04. The number of nitrogens with one attached hydrogen (secondary N) is 1. The van der Waals surface area contributed by atoms with Gasteiger partial charge in [0.05, 0.1) is 17.8 Å². The van der Waals surface area contributed by atoms with Gasteiger partial charge in [0.25, 0.3) is 0 Å². The van der Waals surface area contributed by atoms with Crippen LogP contribution in [0.5, 0.6) is 0 Å². The molecule has 1 aromatic heterocycles. The quantitative estimate of drug-likeness (QED) is 0.828. The number of benzene rings is 1. The Morgan fingerprint density at radius 1 is 1.24 bits per heavy atom. The number of para-hydroxylation sites is 1. The predicted octanol–water partition coefficient (Wildman–Crippen LogP) is 4.01. The zero-order valence-electron chi connectivity index (χ0n) is 15.1. The Balaban J connectivity index is 1.72. The first-order chi connectivity index (χ1) is 12.2. The normalized spacial score (nSPS) is 15.6. The minimum Gasteiger partial charge on any atom is -0.486 e. The van der Waals surface area contributed by atoms with Crippen molar-refractivity contribution in [3.63, 3.8) is 0 Å². The third-order valence-corrected chi connectivity index (χ3v) is 4.09. The Bertz CT molecular complexity index is 786. The van der Waals surface area contributed by atoms with Crippen LogP contribution in [0.3, 0.4) is 0 Å². The predicted molar refractivity (Wildman–Crippen MR) is 98.5 cm³/mol. The zero-order valence-corrected chi connectivity index (χ0v) is 15.1. The van der Waals surface area contributed by atoms with Gasteiger partial charge >= 0.3 is 0 Å². The summed E-state index contributed by atoms with van der Waals surface area (Å²) in [5.74, 6) is 1.52. The van der Waals surface area contributed by atoms with Gasteiger partial charge in [-0.3, -0.25) is 5.01 Å². The van der Waals surface area contributed by atoms with E-state index < -0.39 is 0 Å². The first-order valence-corrected chi connectivity index (χ1v) is 8.75. The van der Waals surface area contributed by atoms with Crippen LogP contribution < -0.4 is 5.32 Å². The Morgan fingerprint density at radius 3 is 2.92 bits per heavy atom. The zero-order chi connectivity index (χ0) is 17.6. The summed E-state index contributed by atoms with van der Waals surface area (Å²) in [7, 11) is 1.88. The van der Waals surface area contributed by atoms with Gasteiger partial charge in [0.15, 0.2) is 11.6 Å². The highest BCUT2D eigenvalue weighted by atomic mass is 16.5. The number of ether oxygens (including phenoxy) is 1. The molecule has 0 bridgehead atoms. The second-order valence-electron chi connectivity index (χ2n) is 6.40. The first-order valence-electron chi connectivity index (χ1n) is 8.75. The summed E-state index contributed by atoms with van der Waals surface area (Å²) in [6.45, 7) is 5.33. The highest BCUT2D eigenvalue weighted by Gasteiger charge is 2.17. The lowest BCUT2D eigenvalue weighted by molar-refractivity contribution is 0.149. The van der Waals surface area contributed by atoms with Gasteiger partial charge in [-0.2, -0.15) is 0 Å². The molecule has 2 aromatic rings. The maximum Gasteiger partial charge on any atom is 0.190 e. The fourth-order valence-electron chi connectivity index (χ4n) is 2.80. The van der Waals surface area contributed by atoms with Crippen molar-refractivity contribution in [1.82, 2.24) is 15.3 Å². The summed E-state index contributed by atoms with van der Waals surface area (Å²) >= 11 is 0. The fraction of sp³-hybridized carbons (Fsp3) is 0.421. The van der Waals surface area contributed by atoms with Crippen LogP contribution in [0.1, 0.15) is 32.4 Å². The highest BCUT2D eigenvalue weighted by molar-refractivity contribution is 5.78. The van der Waals surface area contributed by atoms with Crippen molar-refractivity contribution in [1.29, 1.82) is 0 Å². The van der Waals surface area contributed by atoms with Crippen molar-refractivity contribution < 1.29 is 4.74 Å². The fourth-order valence-corrected chi connectivity index (χ4v) is 2.80. The van der Waals surface area contributed by atoms with Gasteiger partial charge in [-0.25, -0.2) is 4.98 Å². The van der Waals surface area contributed by atoms with E-state index in [0.29, 0.717) is 19.2 Å². The molecule has 132 valence electrons. The van der Waals surface area contributed by atoms with Gasteiger partial charge in [-0.1, -0.05) is 42.8 Å². The van der Waals surface area contributed by atoms with E-state index in [4.69, 9.17) is 4.74 Å². The van der Waals surface area contributed by atoms with E-state index in [0.717, 1.165) is 41.0 Å². The number of pyridine rings is 1. The van der Waals surface area contributed by atoms with Crippen molar-refractivity contribution in [2.75, 3.05) is 13.6 Å². The van der Waals surface area contributed by atoms with Gasteiger partial charge in [-0.05, 0) is 25.5 Å². The lowest BCUT2D eigenvalue weighted by atomic mass is 10.2. The second kappa shape index (κ2) is 7.96. The molecule has 0 saturated carbocycles. The smallest absolute Gasteiger partial charge is 0.190 e. The van der Waals surface area contributed by atoms with Gasteiger partial charge in [0, 0.05) is 18.5 Å². The molecule has 6 heteroatoms. The summed E-state index contributed by atoms with van der Waals surface area (Å²) in [4.78, 5) is 4.66. The van der Waals surface area contributed by atoms with E-state index >= 15 is 0 Å². The van der Waals surface area contributed by atoms with Crippen LogP contribution in [0.4, 0.5) is 0 Å². The Hall–Kier alpha value is -2.63. The molecule has 2 heterocycles. The van der Waals surface area contributed by atoms with Crippen molar-refractivity contribution in [2.24, 2.45) is 10.3 Å². The average molecular weight is 339 g/mol. The Morgan fingerprint density at radius 2 is 2.08 bits per heavy atom. The van der Waals surface area contributed by atoms with E-state index in [1.807, 2.05) is 31.3 Å². The van der Waals surface area contributed by atoms with Crippen LogP contribution in [-0.2, 0) is 11.3 Å². The Kier molecular flexibility index (Phi) is 5.48. The van der Waals surface area contributed by atoms with Gasteiger partial charge < -0.3 is 10.1 Å². The molecule has 1 aromatic carbocycles. The SMILES string of the molecule is CCCC(C)NC1=C(OCc2ccc3ccccc3n2)CN(C)N=N1. The van der Waals surface area contributed by atoms with E-state index in [-0.39, 0.29) is 0 Å². The molecular formula is C19H25N5O. The van der Waals surface area contributed by atoms with Crippen molar-refractivity contribution in [3.8, 4) is 0 Å². The molecule has 1 aliphatic rings. The number of nitrogens with zero attached hydrogens (tertiary/aromatic N) is 4. The summed E-state index contributed by atoms with van der Waals surface area (Å²) in [6.07, 6.45) is 2.20. The molecule has 0 spiro atoms. The first kappa shape index (κ1) is 17.2. The standard InChI is InChI=1S/C19H25N5O/c1-4-7-14(2)20-19-18(12-24(3)23-22-19)25-13-16-11-10-15-8-5-6-9-17(15)21-16/h5-6,8-11,14,20H,4,7,12-13H2,1-3H3. The van der Waals surface area contributed by atoms with Crippen molar-refractivity contribution in [3.05, 3.63) is 53.7 Å². The second-order valence-corrected chi connectivity index (χ2v) is 6.40. The van der Waals surface area contributed by atoms with Crippen LogP contribution in [0.15, 0.2) is 58.3 Å². The molecule has 1 atom stereocenters. The van der Waals surface area contributed by atoms with E-state index in [9.17, 15) is 0 Å². The average Bonchev–Trinajstić information content (AvgIpc) is 2.62. The van der Waals surface area contributed by atoms with Gasteiger partial charge in [0.2, 0.25) is 0 Å². The molecule has 0 saturated heterocycles. The molecule has 0 amide bonds. The molecule has 0 radical (unpaired) electrons. The highest BCUT2D eigenvalue weighted by Crippen LogP contribution is 2.18. The van der Waals surface area contributed by atoms with Crippen molar-refractivity contribution in [2.45, 2.75) is 39.3 Å².